The third kappa shape index (κ3) is 1.55. The molecule has 0 aliphatic heterocycles. The van der Waals surface area contributed by atoms with Gasteiger partial charge >= 0.3 is 0 Å². The molecule has 1 saturated carbocycles. The molecule has 1 aromatic heterocycles. The first-order valence-electron chi connectivity index (χ1n) is 4.27. The van der Waals surface area contributed by atoms with Crippen LogP contribution in [0, 0.1) is 5.92 Å². The Morgan fingerprint density at radius 1 is 1.75 bits per heavy atom. The summed E-state index contributed by atoms with van der Waals surface area (Å²) in [4.78, 5) is 15.4. The van der Waals surface area contributed by atoms with E-state index in [1.807, 2.05) is 7.05 Å². The molecule has 3 nitrogen and oxygen atoms in total. The van der Waals surface area contributed by atoms with Crippen LogP contribution in [-0.2, 0) is 7.05 Å². The summed E-state index contributed by atoms with van der Waals surface area (Å²) in [5.41, 5.74) is 0.615. The number of carbonyl (C=O) groups is 1. The molecule has 12 heavy (non-hydrogen) atoms. The number of ketones is 1. The van der Waals surface area contributed by atoms with Crippen molar-refractivity contribution in [1.29, 1.82) is 0 Å². The molecule has 0 N–H and O–H groups in total. The SMILES string of the molecule is Cn1cnc(C(=O)CC2CC2)c1. The maximum absolute atomic E-state index is 11.4. The predicted molar refractivity (Wildman–Crippen MR) is 44.9 cm³/mol. The molecule has 0 radical (unpaired) electrons. The van der Waals surface area contributed by atoms with Crippen LogP contribution in [-0.4, -0.2) is 15.3 Å². The van der Waals surface area contributed by atoms with Gasteiger partial charge in [-0.25, -0.2) is 4.98 Å². The number of hydrogen-bond acceptors (Lipinski definition) is 2. The van der Waals surface area contributed by atoms with Crippen LogP contribution in [0.3, 0.4) is 0 Å². The smallest absolute Gasteiger partial charge is 0.183 e. The second-order valence-corrected chi connectivity index (χ2v) is 3.50. The lowest BCUT2D eigenvalue weighted by Gasteiger charge is -1.92. The third-order valence-electron chi connectivity index (χ3n) is 2.16. The van der Waals surface area contributed by atoms with Crippen LogP contribution >= 0.6 is 0 Å². The molecular formula is C9H12N2O. The Morgan fingerprint density at radius 2 is 2.50 bits per heavy atom. The number of imidazole rings is 1. The summed E-state index contributed by atoms with van der Waals surface area (Å²) in [6, 6.07) is 0. The Bertz CT molecular complexity index is 299. The second kappa shape index (κ2) is 2.73. The molecule has 1 fully saturated rings. The fourth-order valence-corrected chi connectivity index (χ4v) is 1.25. The largest absolute Gasteiger partial charge is 0.340 e. The summed E-state index contributed by atoms with van der Waals surface area (Å²) in [5.74, 6) is 0.845. The molecule has 0 aromatic carbocycles. The first-order chi connectivity index (χ1) is 5.75. The second-order valence-electron chi connectivity index (χ2n) is 3.50. The van der Waals surface area contributed by atoms with E-state index in [0.29, 0.717) is 18.0 Å². The van der Waals surface area contributed by atoms with E-state index in [2.05, 4.69) is 4.98 Å². The molecule has 0 atom stereocenters. The van der Waals surface area contributed by atoms with Gasteiger partial charge in [0.2, 0.25) is 0 Å². The van der Waals surface area contributed by atoms with Crippen LogP contribution < -0.4 is 0 Å². The highest BCUT2D eigenvalue weighted by Crippen LogP contribution is 2.33. The van der Waals surface area contributed by atoms with Gasteiger partial charge in [-0.2, -0.15) is 0 Å². The molecule has 3 heteroatoms. The molecule has 0 unspecified atom stereocenters. The predicted octanol–water partition coefficient (Wildman–Crippen LogP) is 1.40. The van der Waals surface area contributed by atoms with Crippen LogP contribution in [0.5, 0.6) is 0 Å². The fraction of sp³-hybridized carbons (Fsp3) is 0.556. The summed E-state index contributed by atoms with van der Waals surface area (Å²) in [6.45, 7) is 0. The summed E-state index contributed by atoms with van der Waals surface area (Å²) in [5, 5.41) is 0. The number of carbonyl (C=O) groups excluding carboxylic acids is 1. The van der Waals surface area contributed by atoms with Gasteiger partial charge in [0.1, 0.15) is 5.69 Å². The van der Waals surface area contributed by atoms with Crippen molar-refractivity contribution in [1.82, 2.24) is 9.55 Å². The van der Waals surface area contributed by atoms with Gasteiger partial charge in [0.05, 0.1) is 6.33 Å². The Morgan fingerprint density at radius 3 is 3.00 bits per heavy atom. The lowest BCUT2D eigenvalue weighted by atomic mass is 10.1. The number of hydrogen-bond donors (Lipinski definition) is 0. The average Bonchev–Trinajstić information content (AvgIpc) is 2.72. The summed E-state index contributed by atoms with van der Waals surface area (Å²) >= 11 is 0. The van der Waals surface area contributed by atoms with Crippen LogP contribution in [0.1, 0.15) is 29.8 Å². The van der Waals surface area contributed by atoms with Gasteiger partial charge in [0.15, 0.2) is 5.78 Å². The summed E-state index contributed by atoms with van der Waals surface area (Å²) in [7, 11) is 1.88. The molecule has 0 amide bonds. The van der Waals surface area contributed by atoms with E-state index < -0.39 is 0 Å². The van der Waals surface area contributed by atoms with Gasteiger partial charge in [0, 0.05) is 19.7 Å². The zero-order valence-electron chi connectivity index (χ0n) is 7.16. The van der Waals surface area contributed by atoms with Crippen LogP contribution in [0.4, 0.5) is 0 Å². The number of aryl methyl sites for hydroxylation is 1. The minimum Gasteiger partial charge on any atom is -0.340 e. The van der Waals surface area contributed by atoms with Crippen molar-refractivity contribution in [2.45, 2.75) is 19.3 Å². The summed E-state index contributed by atoms with van der Waals surface area (Å²) in [6.07, 6.45) is 6.58. The van der Waals surface area contributed by atoms with Crippen molar-refractivity contribution in [2.24, 2.45) is 13.0 Å². The standard InChI is InChI=1S/C9H12N2O/c1-11-5-8(10-6-11)9(12)4-7-2-3-7/h5-7H,2-4H2,1H3. The normalized spacial score (nSPS) is 16.4. The van der Waals surface area contributed by atoms with Crippen molar-refractivity contribution >= 4 is 5.78 Å². The minimum absolute atomic E-state index is 0.193. The number of aromatic nitrogens is 2. The van der Waals surface area contributed by atoms with E-state index in [0.717, 1.165) is 0 Å². The Balaban J connectivity index is 2.03. The van der Waals surface area contributed by atoms with Crippen molar-refractivity contribution < 1.29 is 4.79 Å². The minimum atomic E-state index is 0.193. The first kappa shape index (κ1) is 7.53. The highest BCUT2D eigenvalue weighted by atomic mass is 16.1. The fourth-order valence-electron chi connectivity index (χ4n) is 1.25. The quantitative estimate of drug-likeness (QED) is 0.633. The Labute approximate surface area is 71.4 Å². The van der Waals surface area contributed by atoms with Gasteiger partial charge in [-0.3, -0.25) is 4.79 Å². The molecule has 2 rings (SSSR count). The molecule has 0 spiro atoms. The van der Waals surface area contributed by atoms with Gasteiger partial charge in [-0.1, -0.05) is 0 Å². The van der Waals surface area contributed by atoms with E-state index in [1.54, 1.807) is 17.1 Å². The first-order valence-corrected chi connectivity index (χ1v) is 4.27. The summed E-state index contributed by atoms with van der Waals surface area (Å²) < 4.78 is 1.81. The molecule has 1 aliphatic rings. The van der Waals surface area contributed by atoms with E-state index >= 15 is 0 Å². The van der Waals surface area contributed by atoms with Crippen LogP contribution in [0.25, 0.3) is 0 Å². The van der Waals surface area contributed by atoms with Crippen molar-refractivity contribution in [3.05, 3.63) is 18.2 Å². The molecule has 64 valence electrons. The zero-order valence-corrected chi connectivity index (χ0v) is 7.16. The van der Waals surface area contributed by atoms with Crippen molar-refractivity contribution in [3.63, 3.8) is 0 Å². The van der Waals surface area contributed by atoms with Gasteiger partial charge in [-0.15, -0.1) is 0 Å². The van der Waals surface area contributed by atoms with E-state index in [9.17, 15) is 4.79 Å². The highest BCUT2D eigenvalue weighted by Gasteiger charge is 2.25. The van der Waals surface area contributed by atoms with Crippen molar-refractivity contribution in [2.75, 3.05) is 0 Å². The average molecular weight is 164 g/mol. The van der Waals surface area contributed by atoms with Crippen LogP contribution in [0.2, 0.25) is 0 Å². The third-order valence-corrected chi connectivity index (χ3v) is 2.16. The highest BCUT2D eigenvalue weighted by molar-refractivity contribution is 5.94. The topological polar surface area (TPSA) is 34.9 Å². The monoisotopic (exact) mass is 164 g/mol. The maximum Gasteiger partial charge on any atom is 0.183 e. The lowest BCUT2D eigenvalue weighted by Crippen LogP contribution is -2.00. The zero-order chi connectivity index (χ0) is 8.55. The molecule has 0 bridgehead atoms. The number of nitrogens with zero attached hydrogens (tertiary/aromatic N) is 2. The number of rotatable bonds is 3. The molecule has 1 aromatic rings. The molecule has 0 saturated heterocycles. The van der Waals surface area contributed by atoms with E-state index in [1.165, 1.54) is 12.8 Å². The molecular weight excluding hydrogens is 152 g/mol. The Hall–Kier alpha value is -1.12. The van der Waals surface area contributed by atoms with Gasteiger partial charge in [-0.05, 0) is 18.8 Å². The lowest BCUT2D eigenvalue weighted by molar-refractivity contribution is 0.0971. The van der Waals surface area contributed by atoms with Crippen molar-refractivity contribution in [3.8, 4) is 0 Å². The Kier molecular flexibility index (Phi) is 1.71. The number of Topliss-reactive ketones (excluding diaryl/α,β-unsaturated/α-hetero) is 1. The molecule has 1 aliphatic carbocycles. The van der Waals surface area contributed by atoms with Gasteiger partial charge in [0.25, 0.3) is 0 Å². The van der Waals surface area contributed by atoms with Gasteiger partial charge < -0.3 is 4.57 Å². The van der Waals surface area contributed by atoms with E-state index in [-0.39, 0.29) is 5.78 Å². The molecule has 1 heterocycles. The van der Waals surface area contributed by atoms with E-state index in [4.69, 9.17) is 0 Å². The van der Waals surface area contributed by atoms with Crippen LogP contribution in [0.15, 0.2) is 12.5 Å². The maximum atomic E-state index is 11.4.